The SMILES string of the molecule is COCC(C)(C)c1cc(NC(=O)Oc2ccccc2)no1. The fourth-order valence-corrected chi connectivity index (χ4v) is 1.81. The number of hydrogen-bond donors (Lipinski definition) is 1. The van der Waals surface area contributed by atoms with Crippen LogP contribution >= 0.6 is 0 Å². The molecule has 0 unspecified atom stereocenters. The second-order valence-electron chi connectivity index (χ2n) is 5.22. The summed E-state index contributed by atoms with van der Waals surface area (Å²) in [6.07, 6.45) is -0.620. The number of ether oxygens (including phenoxy) is 2. The van der Waals surface area contributed by atoms with Crippen LogP contribution in [0.3, 0.4) is 0 Å². The van der Waals surface area contributed by atoms with Crippen molar-refractivity contribution in [3.8, 4) is 5.75 Å². The van der Waals surface area contributed by atoms with Crippen LogP contribution in [0.15, 0.2) is 40.9 Å². The van der Waals surface area contributed by atoms with Gasteiger partial charge >= 0.3 is 6.09 Å². The normalized spacial score (nSPS) is 11.2. The van der Waals surface area contributed by atoms with Gasteiger partial charge < -0.3 is 14.0 Å². The molecule has 21 heavy (non-hydrogen) atoms. The lowest BCUT2D eigenvalue weighted by Gasteiger charge is -2.19. The number of rotatable bonds is 5. The average molecular weight is 290 g/mol. The third kappa shape index (κ3) is 4.06. The molecule has 1 amide bonds. The van der Waals surface area contributed by atoms with E-state index in [0.29, 0.717) is 23.9 Å². The molecule has 112 valence electrons. The molecule has 1 heterocycles. The largest absolute Gasteiger partial charge is 0.418 e. The number of hydrogen-bond acceptors (Lipinski definition) is 5. The van der Waals surface area contributed by atoms with Gasteiger partial charge in [-0.05, 0) is 12.1 Å². The van der Waals surface area contributed by atoms with E-state index >= 15 is 0 Å². The van der Waals surface area contributed by atoms with Gasteiger partial charge in [-0.1, -0.05) is 37.2 Å². The van der Waals surface area contributed by atoms with Crippen molar-refractivity contribution in [2.24, 2.45) is 0 Å². The van der Waals surface area contributed by atoms with Crippen molar-refractivity contribution in [3.05, 3.63) is 42.2 Å². The number of carbonyl (C=O) groups is 1. The van der Waals surface area contributed by atoms with E-state index in [1.54, 1.807) is 37.4 Å². The van der Waals surface area contributed by atoms with Crippen LogP contribution < -0.4 is 10.1 Å². The zero-order chi connectivity index (χ0) is 15.3. The van der Waals surface area contributed by atoms with Gasteiger partial charge in [-0.3, -0.25) is 5.32 Å². The lowest BCUT2D eigenvalue weighted by molar-refractivity contribution is 0.129. The lowest BCUT2D eigenvalue weighted by atomic mass is 9.91. The van der Waals surface area contributed by atoms with Gasteiger partial charge in [-0.2, -0.15) is 0 Å². The topological polar surface area (TPSA) is 73.6 Å². The highest BCUT2D eigenvalue weighted by Gasteiger charge is 2.26. The first-order valence-corrected chi connectivity index (χ1v) is 6.51. The lowest BCUT2D eigenvalue weighted by Crippen LogP contribution is -2.22. The van der Waals surface area contributed by atoms with Gasteiger partial charge in [0.2, 0.25) is 0 Å². The molecule has 0 radical (unpaired) electrons. The standard InChI is InChI=1S/C15H18N2O4/c1-15(2,10-19-3)12-9-13(17-21-12)16-14(18)20-11-7-5-4-6-8-11/h4-9H,10H2,1-3H3,(H,16,17,18). The minimum absolute atomic E-state index is 0.301. The van der Waals surface area contributed by atoms with Crippen molar-refractivity contribution in [1.29, 1.82) is 0 Å². The Morgan fingerprint density at radius 1 is 1.33 bits per heavy atom. The van der Waals surface area contributed by atoms with E-state index in [0.717, 1.165) is 0 Å². The van der Waals surface area contributed by atoms with E-state index in [4.69, 9.17) is 14.0 Å². The van der Waals surface area contributed by atoms with Gasteiger partial charge in [0.05, 0.1) is 6.61 Å². The fourth-order valence-electron chi connectivity index (χ4n) is 1.81. The molecule has 0 aliphatic rings. The predicted octanol–water partition coefficient (Wildman–Crippen LogP) is 3.21. The molecule has 0 saturated heterocycles. The number of benzene rings is 1. The Hall–Kier alpha value is -2.34. The van der Waals surface area contributed by atoms with E-state index in [1.807, 2.05) is 19.9 Å². The number of amides is 1. The first kappa shape index (κ1) is 15.1. The highest BCUT2D eigenvalue weighted by Crippen LogP contribution is 2.25. The van der Waals surface area contributed by atoms with E-state index in [-0.39, 0.29) is 5.41 Å². The van der Waals surface area contributed by atoms with Crippen molar-refractivity contribution in [3.63, 3.8) is 0 Å². The number of anilines is 1. The first-order chi connectivity index (χ1) is 10.0. The average Bonchev–Trinajstić information content (AvgIpc) is 2.89. The highest BCUT2D eigenvalue weighted by molar-refractivity contribution is 5.85. The molecule has 0 bridgehead atoms. The number of nitrogens with one attached hydrogen (secondary N) is 1. The zero-order valence-electron chi connectivity index (χ0n) is 12.3. The zero-order valence-corrected chi connectivity index (χ0v) is 12.3. The molecule has 1 aromatic heterocycles. The van der Waals surface area contributed by atoms with Crippen LogP contribution in [0.25, 0.3) is 0 Å². The minimum atomic E-state index is -0.620. The van der Waals surface area contributed by atoms with Crippen LogP contribution in [0.5, 0.6) is 5.75 Å². The molecule has 2 aromatic rings. The molecular weight excluding hydrogens is 272 g/mol. The van der Waals surface area contributed by atoms with Crippen molar-refractivity contribution in [2.45, 2.75) is 19.3 Å². The maximum atomic E-state index is 11.7. The molecule has 0 saturated carbocycles. The van der Waals surface area contributed by atoms with E-state index < -0.39 is 6.09 Å². The van der Waals surface area contributed by atoms with Crippen LogP contribution in [0.2, 0.25) is 0 Å². The summed E-state index contributed by atoms with van der Waals surface area (Å²) in [6, 6.07) is 10.4. The van der Waals surface area contributed by atoms with Crippen LogP contribution in [0.1, 0.15) is 19.6 Å². The number of nitrogens with zero attached hydrogens (tertiary/aromatic N) is 1. The number of carbonyl (C=O) groups excluding carboxylic acids is 1. The van der Waals surface area contributed by atoms with Gasteiger partial charge in [-0.25, -0.2) is 4.79 Å². The van der Waals surface area contributed by atoms with Gasteiger partial charge in [0, 0.05) is 18.6 Å². The molecular formula is C15H18N2O4. The van der Waals surface area contributed by atoms with E-state index in [9.17, 15) is 4.79 Å². The van der Waals surface area contributed by atoms with Gasteiger partial charge in [0.1, 0.15) is 11.5 Å². The molecule has 0 aliphatic carbocycles. The summed E-state index contributed by atoms with van der Waals surface area (Å²) in [4.78, 5) is 11.7. The molecule has 0 spiro atoms. The van der Waals surface area contributed by atoms with Crippen molar-refractivity contribution in [2.75, 3.05) is 19.0 Å². The third-order valence-corrected chi connectivity index (χ3v) is 2.87. The summed E-state index contributed by atoms with van der Waals surface area (Å²) in [5.41, 5.74) is -0.328. The molecule has 6 nitrogen and oxygen atoms in total. The monoisotopic (exact) mass is 290 g/mol. The van der Waals surface area contributed by atoms with E-state index in [1.165, 1.54) is 0 Å². The molecule has 0 aliphatic heterocycles. The Morgan fingerprint density at radius 3 is 2.71 bits per heavy atom. The van der Waals surface area contributed by atoms with Crippen molar-refractivity contribution >= 4 is 11.9 Å². The Bertz CT molecular complexity index is 593. The van der Waals surface area contributed by atoms with Crippen LogP contribution in [-0.4, -0.2) is 25.0 Å². The van der Waals surface area contributed by atoms with E-state index in [2.05, 4.69) is 10.5 Å². The molecule has 1 aromatic carbocycles. The number of para-hydroxylation sites is 1. The molecule has 0 atom stereocenters. The summed E-state index contributed by atoms with van der Waals surface area (Å²) in [6.45, 7) is 4.41. The maximum absolute atomic E-state index is 11.7. The smallest absolute Gasteiger partial charge is 0.410 e. The maximum Gasteiger partial charge on any atom is 0.418 e. The second-order valence-corrected chi connectivity index (χ2v) is 5.22. The fraction of sp³-hybridized carbons (Fsp3) is 0.333. The summed E-state index contributed by atoms with van der Waals surface area (Å²) >= 11 is 0. The Balaban J connectivity index is 1.98. The summed E-state index contributed by atoms with van der Waals surface area (Å²) in [7, 11) is 1.62. The van der Waals surface area contributed by atoms with Crippen LogP contribution in [-0.2, 0) is 10.2 Å². The van der Waals surface area contributed by atoms with Crippen molar-refractivity contribution < 1.29 is 18.8 Å². The van der Waals surface area contributed by atoms with Crippen LogP contribution in [0, 0.1) is 0 Å². The Labute approximate surface area is 123 Å². The summed E-state index contributed by atoms with van der Waals surface area (Å²) < 4.78 is 15.5. The second kappa shape index (κ2) is 6.41. The quantitative estimate of drug-likeness (QED) is 0.915. The van der Waals surface area contributed by atoms with Gasteiger partial charge in [0.15, 0.2) is 5.82 Å². The van der Waals surface area contributed by atoms with Gasteiger partial charge in [-0.15, -0.1) is 0 Å². The number of methoxy groups -OCH3 is 1. The third-order valence-electron chi connectivity index (χ3n) is 2.87. The van der Waals surface area contributed by atoms with Crippen LogP contribution in [0.4, 0.5) is 10.6 Å². The first-order valence-electron chi connectivity index (χ1n) is 6.51. The summed E-state index contributed by atoms with van der Waals surface area (Å²) in [5, 5.41) is 6.32. The molecule has 2 rings (SSSR count). The molecule has 0 fully saturated rings. The van der Waals surface area contributed by atoms with Gasteiger partial charge in [0.25, 0.3) is 0 Å². The summed E-state index contributed by atoms with van der Waals surface area (Å²) in [5.74, 6) is 1.38. The molecule has 6 heteroatoms. The Morgan fingerprint density at radius 2 is 2.05 bits per heavy atom. The predicted molar refractivity (Wildman–Crippen MR) is 77.5 cm³/mol. The highest BCUT2D eigenvalue weighted by atomic mass is 16.6. The Kier molecular flexibility index (Phi) is 4.59. The molecule has 1 N–H and O–H groups in total. The van der Waals surface area contributed by atoms with Crippen molar-refractivity contribution in [1.82, 2.24) is 5.16 Å². The minimum Gasteiger partial charge on any atom is -0.410 e. The number of aromatic nitrogens is 1.